The molecule has 0 saturated heterocycles. The molecule has 0 aromatic heterocycles. The SMILES string of the molecule is CC1=CC=CC1.CC1=Cc2ccccc2C1. The largest absolute Gasteiger partial charge is 0.0805 e. The van der Waals surface area contributed by atoms with Gasteiger partial charge in [0.25, 0.3) is 0 Å². The van der Waals surface area contributed by atoms with Crippen molar-refractivity contribution in [2.75, 3.05) is 0 Å². The van der Waals surface area contributed by atoms with Crippen molar-refractivity contribution in [3.05, 3.63) is 64.8 Å². The molecule has 0 saturated carbocycles. The lowest BCUT2D eigenvalue weighted by Gasteiger charge is -1.93. The van der Waals surface area contributed by atoms with Gasteiger partial charge in [0.1, 0.15) is 0 Å². The standard InChI is InChI=1S/C10H10.C6H8/c1-8-6-9-4-2-3-5-10(9)7-8;1-6-4-2-3-5-6/h2-6H,7H2,1H3;2-4H,5H2,1H3. The number of hydrogen-bond donors (Lipinski definition) is 0. The predicted octanol–water partition coefficient (Wildman–Crippen LogP) is 4.54. The average molecular weight is 210 g/mol. The van der Waals surface area contributed by atoms with Gasteiger partial charge in [-0.05, 0) is 37.8 Å². The third-order valence-electron chi connectivity index (χ3n) is 2.88. The van der Waals surface area contributed by atoms with Crippen LogP contribution in [0.1, 0.15) is 31.4 Å². The molecule has 16 heavy (non-hydrogen) atoms. The molecule has 0 nitrogen and oxygen atoms in total. The molecule has 0 heteroatoms. The first-order valence-corrected chi connectivity index (χ1v) is 5.83. The summed E-state index contributed by atoms with van der Waals surface area (Å²) in [6, 6.07) is 8.56. The second kappa shape index (κ2) is 4.98. The summed E-state index contributed by atoms with van der Waals surface area (Å²) in [5.74, 6) is 0. The van der Waals surface area contributed by atoms with Crippen molar-refractivity contribution < 1.29 is 0 Å². The zero-order chi connectivity index (χ0) is 11.4. The average Bonchev–Trinajstić information content (AvgIpc) is 2.86. The Morgan fingerprint density at radius 3 is 2.38 bits per heavy atom. The summed E-state index contributed by atoms with van der Waals surface area (Å²) < 4.78 is 0. The molecule has 0 unspecified atom stereocenters. The van der Waals surface area contributed by atoms with Gasteiger partial charge in [-0.3, -0.25) is 0 Å². The van der Waals surface area contributed by atoms with Gasteiger partial charge in [-0.1, -0.05) is 59.7 Å². The van der Waals surface area contributed by atoms with Crippen molar-refractivity contribution >= 4 is 6.08 Å². The minimum atomic E-state index is 1.15. The van der Waals surface area contributed by atoms with Crippen molar-refractivity contribution in [1.82, 2.24) is 0 Å². The van der Waals surface area contributed by atoms with Gasteiger partial charge in [0.2, 0.25) is 0 Å². The Balaban J connectivity index is 0.000000138. The van der Waals surface area contributed by atoms with Gasteiger partial charge >= 0.3 is 0 Å². The maximum Gasteiger partial charge on any atom is -0.00606 e. The van der Waals surface area contributed by atoms with Crippen molar-refractivity contribution in [1.29, 1.82) is 0 Å². The van der Waals surface area contributed by atoms with Gasteiger partial charge in [-0.15, -0.1) is 0 Å². The third kappa shape index (κ3) is 2.73. The molecule has 0 aliphatic heterocycles. The lowest BCUT2D eigenvalue weighted by atomic mass is 10.1. The van der Waals surface area contributed by atoms with E-state index in [-0.39, 0.29) is 0 Å². The van der Waals surface area contributed by atoms with Crippen molar-refractivity contribution in [3.8, 4) is 0 Å². The summed E-state index contributed by atoms with van der Waals surface area (Å²) in [5, 5.41) is 0. The summed E-state index contributed by atoms with van der Waals surface area (Å²) in [6.45, 7) is 4.32. The predicted molar refractivity (Wildman–Crippen MR) is 71.3 cm³/mol. The molecule has 2 aliphatic rings. The van der Waals surface area contributed by atoms with Gasteiger partial charge in [-0.2, -0.15) is 0 Å². The van der Waals surface area contributed by atoms with Crippen LogP contribution in [-0.4, -0.2) is 0 Å². The number of allylic oxidation sites excluding steroid dienone is 5. The Labute approximate surface area is 98.0 Å². The van der Waals surface area contributed by atoms with Crippen LogP contribution in [0.25, 0.3) is 6.08 Å². The molecule has 1 aromatic carbocycles. The molecule has 0 heterocycles. The van der Waals surface area contributed by atoms with E-state index in [0.29, 0.717) is 0 Å². The first kappa shape index (κ1) is 10.9. The van der Waals surface area contributed by atoms with Crippen molar-refractivity contribution in [2.24, 2.45) is 0 Å². The van der Waals surface area contributed by atoms with Crippen LogP contribution in [0.4, 0.5) is 0 Å². The second-order valence-electron chi connectivity index (χ2n) is 4.51. The Kier molecular flexibility index (Phi) is 3.40. The Morgan fingerprint density at radius 1 is 1.00 bits per heavy atom. The fourth-order valence-electron chi connectivity index (χ4n) is 2.01. The van der Waals surface area contributed by atoms with E-state index < -0.39 is 0 Å². The summed E-state index contributed by atoms with van der Waals surface area (Å²) in [5.41, 5.74) is 5.82. The highest BCUT2D eigenvalue weighted by Crippen LogP contribution is 2.23. The number of rotatable bonds is 0. The first-order valence-electron chi connectivity index (χ1n) is 5.83. The zero-order valence-electron chi connectivity index (χ0n) is 10.0. The Bertz CT molecular complexity index is 459. The molecule has 0 radical (unpaired) electrons. The van der Waals surface area contributed by atoms with Crippen molar-refractivity contribution in [2.45, 2.75) is 26.7 Å². The van der Waals surface area contributed by atoms with E-state index in [1.54, 1.807) is 0 Å². The van der Waals surface area contributed by atoms with E-state index in [0.717, 1.165) is 6.42 Å². The molecule has 0 bridgehead atoms. The molecule has 0 N–H and O–H groups in total. The molecule has 0 fully saturated rings. The highest BCUT2D eigenvalue weighted by molar-refractivity contribution is 5.62. The van der Waals surface area contributed by atoms with Crippen molar-refractivity contribution in [3.63, 3.8) is 0 Å². The monoisotopic (exact) mass is 210 g/mol. The molecule has 0 atom stereocenters. The summed E-state index contributed by atoms with van der Waals surface area (Å²) in [6.07, 6.45) is 11.0. The minimum absolute atomic E-state index is 1.15. The van der Waals surface area contributed by atoms with E-state index in [9.17, 15) is 0 Å². The highest BCUT2D eigenvalue weighted by Gasteiger charge is 2.06. The zero-order valence-corrected chi connectivity index (χ0v) is 10.0. The maximum absolute atomic E-state index is 2.26. The van der Waals surface area contributed by atoms with Crippen LogP contribution in [0.2, 0.25) is 0 Å². The normalized spacial score (nSPS) is 16.1. The van der Waals surface area contributed by atoms with Gasteiger partial charge < -0.3 is 0 Å². The van der Waals surface area contributed by atoms with E-state index in [1.807, 2.05) is 0 Å². The maximum atomic E-state index is 2.26. The fourth-order valence-corrected chi connectivity index (χ4v) is 2.01. The smallest absolute Gasteiger partial charge is 0.00606 e. The van der Waals surface area contributed by atoms with E-state index in [1.165, 1.54) is 28.7 Å². The van der Waals surface area contributed by atoms with Crippen LogP contribution in [0.15, 0.2) is 53.6 Å². The Hall–Kier alpha value is -1.56. The molecule has 1 aromatic rings. The third-order valence-corrected chi connectivity index (χ3v) is 2.88. The van der Waals surface area contributed by atoms with E-state index in [2.05, 4.69) is 62.4 Å². The van der Waals surface area contributed by atoms with Crippen LogP contribution in [0.5, 0.6) is 0 Å². The molecule has 0 amide bonds. The topological polar surface area (TPSA) is 0 Å². The summed E-state index contributed by atoms with van der Waals surface area (Å²) in [4.78, 5) is 0. The summed E-state index contributed by atoms with van der Waals surface area (Å²) in [7, 11) is 0. The minimum Gasteiger partial charge on any atom is -0.0805 e. The number of hydrogen-bond acceptors (Lipinski definition) is 0. The van der Waals surface area contributed by atoms with E-state index in [4.69, 9.17) is 0 Å². The molecule has 0 spiro atoms. The van der Waals surface area contributed by atoms with Crippen LogP contribution < -0.4 is 0 Å². The molecular formula is C16H18. The number of benzene rings is 1. The fraction of sp³-hybridized carbons (Fsp3) is 0.250. The second-order valence-corrected chi connectivity index (χ2v) is 4.51. The Morgan fingerprint density at radius 2 is 1.81 bits per heavy atom. The van der Waals surface area contributed by atoms with Crippen LogP contribution >= 0.6 is 0 Å². The highest BCUT2D eigenvalue weighted by atomic mass is 14.1. The van der Waals surface area contributed by atoms with Crippen LogP contribution in [0, 0.1) is 0 Å². The first-order chi connectivity index (χ1) is 7.75. The summed E-state index contributed by atoms with van der Waals surface area (Å²) >= 11 is 0. The van der Waals surface area contributed by atoms with Gasteiger partial charge in [0, 0.05) is 0 Å². The van der Waals surface area contributed by atoms with Gasteiger partial charge in [0.15, 0.2) is 0 Å². The van der Waals surface area contributed by atoms with Crippen LogP contribution in [0.3, 0.4) is 0 Å². The molecule has 2 aliphatic carbocycles. The van der Waals surface area contributed by atoms with Crippen LogP contribution in [-0.2, 0) is 6.42 Å². The lowest BCUT2D eigenvalue weighted by Crippen LogP contribution is -1.79. The number of fused-ring (bicyclic) bond motifs is 1. The molecule has 3 rings (SSSR count). The lowest BCUT2D eigenvalue weighted by molar-refractivity contribution is 1.20. The van der Waals surface area contributed by atoms with E-state index >= 15 is 0 Å². The molecule has 82 valence electrons. The van der Waals surface area contributed by atoms with Gasteiger partial charge in [0.05, 0.1) is 0 Å². The van der Waals surface area contributed by atoms with Gasteiger partial charge in [-0.25, -0.2) is 0 Å². The molecular weight excluding hydrogens is 192 g/mol. The quantitative estimate of drug-likeness (QED) is 0.589.